The maximum atomic E-state index is 12.4. The third-order valence-corrected chi connectivity index (χ3v) is 3.99. The van der Waals surface area contributed by atoms with E-state index in [9.17, 15) is 4.79 Å². The fourth-order valence-corrected chi connectivity index (χ4v) is 2.71. The summed E-state index contributed by atoms with van der Waals surface area (Å²) in [5, 5.41) is 3.22. The van der Waals surface area contributed by atoms with Crippen LogP contribution in [0.2, 0.25) is 0 Å². The Labute approximate surface area is 116 Å². The van der Waals surface area contributed by atoms with E-state index in [1.807, 2.05) is 30.3 Å². The zero-order valence-corrected chi connectivity index (χ0v) is 11.9. The van der Waals surface area contributed by atoms with Crippen molar-refractivity contribution in [2.75, 3.05) is 20.1 Å². The van der Waals surface area contributed by atoms with Crippen molar-refractivity contribution in [2.45, 2.75) is 38.1 Å². The molecule has 0 aliphatic carbocycles. The number of nitrogens with one attached hydrogen (secondary N) is 1. The minimum atomic E-state index is -0.0131. The number of nitrogens with zero attached hydrogens (tertiary/aromatic N) is 1. The summed E-state index contributed by atoms with van der Waals surface area (Å²) in [5.41, 5.74) is 1.12. The molecule has 1 amide bonds. The molecule has 0 unspecified atom stereocenters. The predicted molar refractivity (Wildman–Crippen MR) is 78.1 cm³/mol. The number of benzene rings is 1. The molecule has 19 heavy (non-hydrogen) atoms. The van der Waals surface area contributed by atoms with Gasteiger partial charge in [0.05, 0.1) is 5.92 Å². The number of carbonyl (C=O) groups excluding carboxylic acids is 1. The van der Waals surface area contributed by atoms with Crippen LogP contribution in [0.1, 0.15) is 37.7 Å². The Kier molecular flexibility index (Phi) is 4.97. The fraction of sp³-hybridized carbons (Fsp3) is 0.562. The van der Waals surface area contributed by atoms with Gasteiger partial charge >= 0.3 is 0 Å². The lowest BCUT2D eigenvalue weighted by Crippen LogP contribution is -2.44. The van der Waals surface area contributed by atoms with Crippen molar-refractivity contribution in [3.05, 3.63) is 35.9 Å². The number of piperidine rings is 1. The molecule has 2 rings (SSSR count). The van der Waals surface area contributed by atoms with E-state index in [1.54, 1.807) is 0 Å². The number of carbonyl (C=O) groups is 1. The van der Waals surface area contributed by atoms with Gasteiger partial charge in [-0.3, -0.25) is 4.79 Å². The molecule has 1 aromatic carbocycles. The molecular formula is C16H24N2O. The van der Waals surface area contributed by atoms with Gasteiger partial charge in [0.1, 0.15) is 0 Å². The SMILES string of the molecule is CC[C@H](C(=O)NC1CCN(C)CC1)c1ccccc1. The molecule has 0 radical (unpaired) electrons. The van der Waals surface area contributed by atoms with Gasteiger partial charge in [0.2, 0.25) is 5.91 Å². The summed E-state index contributed by atoms with van der Waals surface area (Å²) in [5.74, 6) is 0.170. The van der Waals surface area contributed by atoms with Gasteiger partial charge in [-0.25, -0.2) is 0 Å². The van der Waals surface area contributed by atoms with Gasteiger partial charge in [-0.2, -0.15) is 0 Å². The van der Waals surface area contributed by atoms with Gasteiger partial charge in [0.25, 0.3) is 0 Å². The van der Waals surface area contributed by atoms with E-state index in [0.29, 0.717) is 6.04 Å². The molecule has 1 saturated heterocycles. The van der Waals surface area contributed by atoms with E-state index in [1.165, 1.54) is 0 Å². The van der Waals surface area contributed by atoms with Crippen molar-refractivity contribution in [2.24, 2.45) is 0 Å². The van der Waals surface area contributed by atoms with E-state index in [0.717, 1.165) is 37.9 Å². The van der Waals surface area contributed by atoms with Crippen LogP contribution in [0, 0.1) is 0 Å². The summed E-state index contributed by atoms with van der Waals surface area (Å²) in [4.78, 5) is 14.7. The monoisotopic (exact) mass is 260 g/mol. The third-order valence-electron chi connectivity index (χ3n) is 3.99. The van der Waals surface area contributed by atoms with Crippen LogP contribution in [0.25, 0.3) is 0 Å². The van der Waals surface area contributed by atoms with E-state index in [4.69, 9.17) is 0 Å². The normalized spacial score (nSPS) is 19.1. The van der Waals surface area contributed by atoms with Gasteiger partial charge in [0.15, 0.2) is 0 Å². The fourth-order valence-electron chi connectivity index (χ4n) is 2.71. The number of rotatable bonds is 4. The molecule has 0 bridgehead atoms. The molecule has 104 valence electrons. The molecule has 1 heterocycles. The van der Waals surface area contributed by atoms with Crippen LogP contribution in [0.3, 0.4) is 0 Å². The highest BCUT2D eigenvalue weighted by Crippen LogP contribution is 2.20. The average Bonchev–Trinajstić information content (AvgIpc) is 2.43. The van der Waals surface area contributed by atoms with Crippen LogP contribution < -0.4 is 5.32 Å². The van der Waals surface area contributed by atoms with Crippen LogP contribution in [-0.4, -0.2) is 37.0 Å². The number of amides is 1. The number of likely N-dealkylation sites (tertiary alicyclic amines) is 1. The highest BCUT2D eigenvalue weighted by atomic mass is 16.1. The van der Waals surface area contributed by atoms with E-state index in [-0.39, 0.29) is 11.8 Å². The van der Waals surface area contributed by atoms with Gasteiger partial charge in [-0.15, -0.1) is 0 Å². The van der Waals surface area contributed by atoms with E-state index in [2.05, 4.69) is 24.2 Å². The third kappa shape index (κ3) is 3.80. The topological polar surface area (TPSA) is 32.3 Å². The molecule has 0 aromatic heterocycles. The highest BCUT2D eigenvalue weighted by Gasteiger charge is 2.23. The Hall–Kier alpha value is -1.35. The Morgan fingerprint density at radius 3 is 2.53 bits per heavy atom. The second kappa shape index (κ2) is 6.71. The van der Waals surface area contributed by atoms with Crippen LogP contribution >= 0.6 is 0 Å². The largest absolute Gasteiger partial charge is 0.353 e. The maximum Gasteiger partial charge on any atom is 0.227 e. The molecule has 0 saturated carbocycles. The summed E-state index contributed by atoms with van der Waals surface area (Å²) >= 11 is 0. The number of hydrogen-bond donors (Lipinski definition) is 1. The van der Waals surface area contributed by atoms with Crippen molar-refractivity contribution in [1.29, 1.82) is 0 Å². The van der Waals surface area contributed by atoms with E-state index >= 15 is 0 Å². The number of hydrogen-bond acceptors (Lipinski definition) is 2. The first kappa shape index (κ1) is 14.1. The van der Waals surface area contributed by atoms with Crippen molar-refractivity contribution in [3.63, 3.8) is 0 Å². The van der Waals surface area contributed by atoms with Gasteiger partial charge in [-0.05, 0) is 45.0 Å². The summed E-state index contributed by atoms with van der Waals surface area (Å²) in [6.45, 7) is 4.23. The molecule has 1 aromatic rings. The van der Waals surface area contributed by atoms with Crippen LogP contribution in [0.15, 0.2) is 30.3 Å². The molecule has 0 spiro atoms. The predicted octanol–water partition coefficient (Wildman–Crippen LogP) is 2.39. The first-order valence-corrected chi connectivity index (χ1v) is 7.24. The van der Waals surface area contributed by atoms with Crippen LogP contribution in [0.5, 0.6) is 0 Å². The Balaban J connectivity index is 1.94. The first-order valence-electron chi connectivity index (χ1n) is 7.24. The highest BCUT2D eigenvalue weighted by molar-refractivity contribution is 5.83. The summed E-state index contributed by atoms with van der Waals surface area (Å²) in [6, 6.07) is 10.4. The van der Waals surface area contributed by atoms with Gasteiger partial charge in [-0.1, -0.05) is 37.3 Å². The van der Waals surface area contributed by atoms with Crippen molar-refractivity contribution < 1.29 is 4.79 Å². The zero-order chi connectivity index (χ0) is 13.7. The van der Waals surface area contributed by atoms with Crippen molar-refractivity contribution in [1.82, 2.24) is 10.2 Å². The Bertz CT molecular complexity index is 396. The van der Waals surface area contributed by atoms with Crippen molar-refractivity contribution in [3.8, 4) is 0 Å². The molecule has 1 aliphatic rings. The molecule has 1 atom stereocenters. The van der Waals surface area contributed by atoms with E-state index < -0.39 is 0 Å². The first-order chi connectivity index (χ1) is 9.20. The lowest BCUT2D eigenvalue weighted by atomic mass is 9.94. The lowest BCUT2D eigenvalue weighted by Gasteiger charge is -2.30. The molecule has 1 N–H and O–H groups in total. The maximum absolute atomic E-state index is 12.4. The molecule has 3 nitrogen and oxygen atoms in total. The zero-order valence-electron chi connectivity index (χ0n) is 11.9. The summed E-state index contributed by atoms with van der Waals surface area (Å²) in [7, 11) is 2.14. The average molecular weight is 260 g/mol. The molecule has 3 heteroatoms. The minimum absolute atomic E-state index is 0.0131. The van der Waals surface area contributed by atoms with Crippen LogP contribution in [-0.2, 0) is 4.79 Å². The summed E-state index contributed by atoms with van der Waals surface area (Å²) < 4.78 is 0. The summed E-state index contributed by atoms with van der Waals surface area (Å²) in [6.07, 6.45) is 2.98. The molecular weight excluding hydrogens is 236 g/mol. The second-order valence-electron chi connectivity index (χ2n) is 5.46. The molecule has 1 aliphatic heterocycles. The van der Waals surface area contributed by atoms with Crippen LogP contribution in [0.4, 0.5) is 0 Å². The Morgan fingerprint density at radius 1 is 1.32 bits per heavy atom. The minimum Gasteiger partial charge on any atom is -0.353 e. The standard InChI is InChI=1S/C16H24N2O/c1-3-15(13-7-5-4-6-8-13)16(19)17-14-9-11-18(2)12-10-14/h4-8,14-15H,3,9-12H2,1-2H3,(H,17,19)/t15-/m0/s1. The van der Waals surface area contributed by atoms with Gasteiger partial charge < -0.3 is 10.2 Å². The molecule has 1 fully saturated rings. The second-order valence-corrected chi connectivity index (χ2v) is 5.46. The quantitative estimate of drug-likeness (QED) is 0.901. The lowest BCUT2D eigenvalue weighted by molar-refractivity contribution is -0.123. The smallest absolute Gasteiger partial charge is 0.227 e. The van der Waals surface area contributed by atoms with Crippen molar-refractivity contribution >= 4 is 5.91 Å². The Morgan fingerprint density at radius 2 is 1.95 bits per heavy atom. The van der Waals surface area contributed by atoms with Gasteiger partial charge in [0, 0.05) is 6.04 Å².